The molecule has 31 heavy (non-hydrogen) atoms. The van der Waals surface area contributed by atoms with Crippen molar-refractivity contribution in [1.82, 2.24) is 4.98 Å². The monoisotopic (exact) mass is 442 g/mol. The van der Waals surface area contributed by atoms with Crippen molar-refractivity contribution in [3.63, 3.8) is 0 Å². The zero-order valence-corrected chi connectivity index (χ0v) is 19.9. The number of aromatic nitrogens is 1. The lowest BCUT2D eigenvalue weighted by Crippen LogP contribution is -2.50. The van der Waals surface area contributed by atoms with E-state index in [1.165, 1.54) is 23.3 Å². The second-order valence-corrected chi connectivity index (χ2v) is 11.6. The minimum Gasteiger partial charge on any atom is -0.462 e. The van der Waals surface area contributed by atoms with Gasteiger partial charge in [-0.15, -0.1) is 0 Å². The molecule has 0 aliphatic heterocycles. The summed E-state index contributed by atoms with van der Waals surface area (Å²) >= 11 is 1.65. The van der Waals surface area contributed by atoms with Gasteiger partial charge in [0.15, 0.2) is 5.13 Å². The van der Waals surface area contributed by atoms with Crippen LogP contribution in [-0.2, 0) is 20.7 Å². The molecular weight excluding hydrogens is 408 g/mol. The van der Waals surface area contributed by atoms with Crippen LogP contribution in [0, 0.1) is 28.6 Å². The molecule has 0 unspecified atom stereocenters. The van der Waals surface area contributed by atoms with Gasteiger partial charge < -0.3 is 10.1 Å². The first-order valence-corrected chi connectivity index (χ1v) is 12.8. The van der Waals surface area contributed by atoms with E-state index in [2.05, 4.69) is 25.2 Å². The molecule has 4 aliphatic rings. The number of carbonyl (C=O) groups is 2. The van der Waals surface area contributed by atoms with Gasteiger partial charge in [-0.3, -0.25) is 9.59 Å². The Hall–Kier alpha value is -1.69. The maximum Gasteiger partial charge on any atom is 0.305 e. The van der Waals surface area contributed by atoms with Crippen LogP contribution < -0.4 is 5.32 Å². The molecule has 6 atom stereocenters. The van der Waals surface area contributed by atoms with Gasteiger partial charge in [0.2, 0.25) is 5.91 Å². The molecule has 1 amide bonds. The molecule has 1 N–H and O–H groups in total. The molecule has 0 aromatic carbocycles. The van der Waals surface area contributed by atoms with Crippen molar-refractivity contribution >= 4 is 33.9 Å². The van der Waals surface area contributed by atoms with Crippen molar-refractivity contribution in [2.45, 2.75) is 85.2 Å². The van der Waals surface area contributed by atoms with Crippen LogP contribution in [0.4, 0.5) is 5.13 Å². The molecule has 0 radical (unpaired) electrons. The molecule has 5 nitrogen and oxygen atoms in total. The Morgan fingerprint density at radius 2 is 2.03 bits per heavy atom. The standard InChI is InChI=1S/C25H34N2O3S/c1-5-21(29)30-20-9-8-16-15-6-7-18-22-19(27-23(31-22)26-14(2)28)11-13-24(18,3)17(15)10-12-25(16,20)4/h7,15-17,20H,5-6,8-13H2,1-4H3,(H,26,27,28)/t15-,16-,17-,20-,24+,25-/m0/s1. The first kappa shape index (κ1) is 21.2. The first-order valence-electron chi connectivity index (χ1n) is 11.9. The molecule has 6 heteroatoms. The molecule has 168 valence electrons. The highest BCUT2D eigenvalue weighted by molar-refractivity contribution is 7.17. The molecule has 1 heterocycles. The van der Waals surface area contributed by atoms with E-state index in [1.54, 1.807) is 18.3 Å². The SMILES string of the molecule is CCC(=O)O[C@H]1CC[C@H]2[C@@H]3CC=C4c5sc(NC(C)=O)nc5CC[C@]4(C)[C@H]3CC[C@]12C. The Bertz CT molecular complexity index is 953. The van der Waals surface area contributed by atoms with E-state index in [4.69, 9.17) is 9.72 Å². The van der Waals surface area contributed by atoms with Crippen LogP contribution in [0.5, 0.6) is 0 Å². The number of carbonyl (C=O) groups excluding carboxylic acids is 2. The molecule has 0 saturated heterocycles. The maximum absolute atomic E-state index is 12.0. The third-order valence-corrected chi connectivity index (χ3v) is 10.1. The summed E-state index contributed by atoms with van der Waals surface area (Å²) in [5.41, 5.74) is 2.93. The molecule has 1 aromatic rings. The molecule has 0 spiro atoms. The summed E-state index contributed by atoms with van der Waals surface area (Å²) in [6, 6.07) is 0. The number of anilines is 1. The topological polar surface area (TPSA) is 68.3 Å². The lowest BCUT2D eigenvalue weighted by Gasteiger charge is -2.56. The van der Waals surface area contributed by atoms with Crippen LogP contribution in [0.1, 0.15) is 83.2 Å². The molecule has 1 aromatic heterocycles. The van der Waals surface area contributed by atoms with Gasteiger partial charge in [-0.05, 0) is 73.7 Å². The van der Waals surface area contributed by atoms with Gasteiger partial charge in [0.05, 0.1) is 10.6 Å². The Kier molecular flexibility index (Phi) is 5.07. The molecule has 2 saturated carbocycles. The van der Waals surface area contributed by atoms with Gasteiger partial charge in [0.25, 0.3) is 0 Å². The van der Waals surface area contributed by atoms with E-state index in [0.717, 1.165) is 42.9 Å². The maximum atomic E-state index is 12.0. The van der Waals surface area contributed by atoms with Gasteiger partial charge in [-0.1, -0.05) is 38.2 Å². The number of rotatable bonds is 3. The number of allylic oxidation sites excluding steroid dienone is 2. The Morgan fingerprint density at radius 3 is 2.77 bits per heavy atom. The number of nitrogens with one attached hydrogen (secondary N) is 1. The summed E-state index contributed by atoms with van der Waals surface area (Å²) in [4.78, 5) is 29.6. The van der Waals surface area contributed by atoms with E-state index < -0.39 is 0 Å². The van der Waals surface area contributed by atoms with E-state index in [9.17, 15) is 9.59 Å². The molecule has 0 bridgehead atoms. The van der Waals surface area contributed by atoms with Crippen LogP contribution in [0.3, 0.4) is 0 Å². The Balaban J connectivity index is 1.44. The predicted molar refractivity (Wildman–Crippen MR) is 123 cm³/mol. The zero-order chi connectivity index (χ0) is 22.0. The van der Waals surface area contributed by atoms with Crippen LogP contribution in [0.25, 0.3) is 5.57 Å². The van der Waals surface area contributed by atoms with Gasteiger partial charge >= 0.3 is 5.97 Å². The van der Waals surface area contributed by atoms with E-state index in [-0.39, 0.29) is 28.8 Å². The fourth-order valence-electron chi connectivity index (χ4n) is 7.47. The van der Waals surface area contributed by atoms with Crippen LogP contribution >= 0.6 is 11.3 Å². The first-order chi connectivity index (χ1) is 14.8. The number of amides is 1. The number of ether oxygens (including phenoxy) is 1. The quantitative estimate of drug-likeness (QED) is 0.618. The third-order valence-electron chi connectivity index (χ3n) is 9.05. The van der Waals surface area contributed by atoms with Crippen molar-refractivity contribution in [2.24, 2.45) is 28.6 Å². The third kappa shape index (κ3) is 3.20. The fourth-order valence-corrected chi connectivity index (χ4v) is 8.70. The number of aryl methyl sites for hydroxylation is 1. The number of fused-ring (bicyclic) bond motifs is 7. The van der Waals surface area contributed by atoms with Crippen molar-refractivity contribution in [3.05, 3.63) is 16.6 Å². The minimum absolute atomic E-state index is 0.0493. The number of thiazole rings is 1. The fraction of sp³-hybridized carbons (Fsp3) is 0.720. The number of nitrogens with zero attached hydrogens (tertiary/aromatic N) is 1. The zero-order valence-electron chi connectivity index (χ0n) is 19.1. The predicted octanol–water partition coefficient (Wildman–Crippen LogP) is 5.61. The van der Waals surface area contributed by atoms with Crippen LogP contribution in [0.15, 0.2) is 6.08 Å². The van der Waals surface area contributed by atoms with Gasteiger partial charge in [-0.2, -0.15) is 0 Å². The van der Waals surface area contributed by atoms with E-state index in [1.807, 2.05) is 6.92 Å². The summed E-state index contributed by atoms with van der Waals surface area (Å²) < 4.78 is 5.93. The molecule has 4 aliphatic carbocycles. The average Bonchev–Trinajstić information content (AvgIpc) is 3.27. The number of hydrogen-bond acceptors (Lipinski definition) is 5. The van der Waals surface area contributed by atoms with Gasteiger partial charge in [-0.25, -0.2) is 4.98 Å². The minimum atomic E-state index is -0.0577. The molecular formula is C25H34N2O3S. The van der Waals surface area contributed by atoms with Crippen molar-refractivity contribution in [3.8, 4) is 0 Å². The van der Waals surface area contributed by atoms with Crippen LogP contribution in [0.2, 0.25) is 0 Å². The van der Waals surface area contributed by atoms with Crippen molar-refractivity contribution in [2.75, 3.05) is 5.32 Å². The summed E-state index contributed by atoms with van der Waals surface area (Å²) in [6.07, 6.45) is 10.8. The van der Waals surface area contributed by atoms with E-state index in [0.29, 0.717) is 24.2 Å². The summed E-state index contributed by atoms with van der Waals surface area (Å²) in [5.74, 6) is 1.87. The van der Waals surface area contributed by atoms with Gasteiger partial charge in [0, 0.05) is 18.8 Å². The van der Waals surface area contributed by atoms with Crippen molar-refractivity contribution < 1.29 is 14.3 Å². The summed E-state index contributed by atoms with van der Waals surface area (Å²) in [6.45, 7) is 8.29. The van der Waals surface area contributed by atoms with Gasteiger partial charge in [0.1, 0.15) is 6.10 Å². The normalized spacial score (nSPS) is 38.3. The average molecular weight is 443 g/mol. The number of esters is 1. The molecule has 5 rings (SSSR count). The summed E-state index contributed by atoms with van der Waals surface area (Å²) in [5, 5.41) is 3.62. The smallest absolute Gasteiger partial charge is 0.305 e. The highest BCUT2D eigenvalue weighted by Gasteiger charge is 2.60. The number of hydrogen-bond donors (Lipinski definition) is 1. The lowest BCUT2D eigenvalue weighted by molar-refractivity contribution is -0.158. The second kappa shape index (κ2) is 7.43. The largest absolute Gasteiger partial charge is 0.462 e. The Labute approximate surface area is 189 Å². The lowest BCUT2D eigenvalue weighted by atomic mass is 9.48. The highest BCUT2D eigenvalue weighted by Crippen LogP contribution is 2.66. The van der Waals surface area contributed by atoms with E-state index >= 15 is 0 Å². The van der Waals surface area contributed by atoms with Crippen LogP contribution in [-0.4, -0.2) is 23.0 Å². The highest BCUT2D eigenvalue weighted by atomic mass is 32.1. The Morgan fingerprint density at radius 1 is 1.23 bits per heavy atom. The summed E-state index contributed by atoms with van der Waals surface area (Å²) in [7, 11) is 0. The molecule has 2 fully saturated rings. The van der Waals surface area contributed by atoms with Crippen molar-refractivity contribution in [1.29, 1.82) is 0 Å². The second-order valence-electron chi connectivity index (χ2n) is 10.6.